The van der Waals surface area contributed by atoms with Gasteiger partial charge in [0.1, 0.15) is 0 Å². The maximum atomic E-state index is 12.8. The Hall–Kier alpha value is -2.03. The van der Waals surface area contributed by atoms with Crippen molar-refractivity contribution < 1.29 is 16.8 Å². The summed E-state index contributed by atoms with van der Waals surface area (Å²) in [6.45, 7) is 6.68. The van der Waals surface area contributed by atoms with Crippen molar-refractivity contribution in [2.45, 2.75) is 28.0 Å². The van der Waals surface area contributed by atoms with Crippen molar-refractivity contribution in [2.24, 2.45) is 10.7 Å². The average molecular weight is 366 g/mol. The second-order valence-electron chi connectivity index (χ2n) is 5.42. The van der Waals surface area contributed by atoms with Crippen LogP contribution in [0.3, 0.4) is 0 Å². The van der Waals surface area contributed by atoms with Crippen molar-refractivity contribution in [3.63, 3.8) is 0 Å². The zero-order valence-electron chi connectivity index (χ0n) is 13.3. The number of aryl methyl sites for hydroxylation is 2. The summed E-state index contributed by atoms with van der Waals surface area (Å²) in [6.07, 6.45) is 0. The van der Waals surface area contributed by atoms with E-state index in [1.54, 1.807) is 38.1 Å². The van der Waals surface area contributed by atoms with Gasteiger partial charge in [0.05, 0.1) is 9.79 Å². The van der Waals surface area contributed by atoms with E-state index >= 15 is 0 Å². The molecule has 2 rings (SSSR count). The summed E-state index contributed by atoms with van der Waals surface area (Å²) in [5.41, 5.74) is 7.44. The van der Waals surface area contributed by atoms with E-state index in [2.05, 4.69) is 11.7 Å². The molecule has 0 saturated heterocycles. The number of sulfone groups is 2. The van der Waals surface area contributed by atoms with E-state index in [-0.39, 0.29) is 9.79 Å². The van der Waals surface area contributed by atoms with Crippen molar-refractivity contribution in [1.82, 2.24) is 0 Å². The van der Waals surface area contributed by atoms with Crippen LogP contribution < -0.4 is 5.73 Å². The monoisotopic (exact) mass is 366 g/mol. The van der Waals surface area contributed by atoms with E-state index in [9.17, 15) is 16.8 Å². The number of rotatable bonds is 5. The van der Waals surface area contributed by atoms with Crippen LogP contribution >= 0.6 is 0 Å². The van der Waals surface area contributed by atoms with Crippen molar-refractivity contribution in [2.75, 3.05) is 0 Å². The summed E-state index contributed by atoms with van der Waals surface area (Å²) < 4.78 is 48.5. The zero-order valence-corrected chi connectivity index (χ0v) is 14.9. The first-order valence-electron chi connectivity index (χ1n) is 6.95. The molecule has 0 aliphatic carbocycles. The third kappa shape index (κ3) is 2.77. The number of benzene rings is 2. The van der Waals surface area contributed by atoms with E-state index in [1.165, 1.54) is 24.3 Å². The molecular formula is C16H18N2O4S2. The van der Waals surface area contributed by atoms with Gasteiger partial charge in [-0.1, -0.05) is 35.4 Å². The number of hydrogen-bond donors (Lipinski definition) is 1. The van der Waals surface area contributed by atoms with Crippen LogP contribution in [0.25, 0.3) is 0 Å². The Kier molecular flexibility index (Phi) is 4.67. The van der Waals surface area contributed by atoms with Crippen LogP contribution in [0.1, 0.15) is 11.1 Å². The van der Waals surface area contributed by atoms with Gasteiger partial charge < -0.3 is 0 Å². The second kappa shape index (κ2) is 6.12. The largest absolute Gasteiger partial charge is 0.321 e. The third-order valence-electron chi connectivity index (χ3n) is 3.65. The van der Waals surface area contributed by atoms with Crippen LogP contribution in [-0.4, -0.2) is 27.9 Å². The average Bonchev–Trinajstić information content (AvgIpc) is 2.54. The van der Waals surface area contributed by atoms with Gasteiger partial charge in [-0.2, -0.15) is 0 Å². The number of nitrogens with zero attached hydrogens (tertiary/aromatic N) is 1. The van der Waals surface area contributed by atoms with Crippen LogP contribution in [0.2, 0.25) is 0 Å². The minimum absolute atomic E-state index is 0.237. The molecule has 0 saturated carbocycles. The Morgan fingerprint density at radius 2 is 1.08 bits per heavy atom. The number of aliphatic imine (C=N–C) groups is 1. The van der Waals surface area contributed by atoms with E-state index in [1.807, 2.05) is 0 Å². The molecule has 0 fully saturated rings. The first-order chi connectivity index (χ1) is 11.1. The lowest BCUT2D eigenvalue weighted by Crippen LogP contribution is -2.52. The molecule has 0 heterocycles. The molecule has 8 heteroatoms. The van der Waals surface area contributed by atoms with Gasteiger partial charge in [0.15, 0.2) is 0 Å². The Balaban J connectivity index is 2.68. The predicted octanol–water partition coefficient (Wildman–Crippen LogP) is 1.82. The highest BCUT2D eigenvalue weighted by Gasteiger charge is 2.53. The molecule has 2 aromatic rings. The SMILES string of the molecule is C=NC(N)(S(=O)(=O)c1ccc(C)cc1)S(=O)(=O)c1ccc(C)cc1. The molecule has 0 aliphatic rings. The molecule has 2 N–H and O–H groups in total. The maximum Gasteiger partial charge on any atom is 0.321 e. The smallest absolute Gasteiger partial charge is 0.280 e. The minimum Gasteiger partial charge on any atom is -0.280 e. The highest BCUT2D eigenvalue weighted by molar-refractivity contribution is 8.10. The first kappa shape index (κ1) is 18.3. The summed E-state index contributed by atoms with van der Waals surface area (Å²) >= 11 is 0. The predicted molar refractivity (Wildman–Crippen MR) is 93.2 cm³/mol. The lowest BCUT2D eigenvalue weighted by molar-refractivity contribution is 0.546. The van der Waals surface area contributed by atoms with E-state index in [0.29, 0.717) is 0 Å². The third-order valence-corrected chi connectivity index (χ3v) is 8.55. The quantitative estimate of drug-likeness (QED) is 0.812. The molecule has 0 radical (unpaired) electrons. The fourth-order valence-corrected chi connectivity index (χ4v) is 5.82. The fourth-order valence-electron chi connectivity index (χ4n) is 2.09. The van der Waals surface area contributed by atoms with Gasteiger partial charge in [0, 0.05) is 0 Å². The van der Waals surface area contributed by atoms with Crippen LogP contribution in [0.5, 0.6) is 0 Å². The van der Waals surface area contributed by atoms with Crippen molar-refractivity contribution in [1.29, 1.82) is 0 Å². The normalized spacial score (nSPS) is 12.8. The minimum atomic E-state index is -4.52. The van der Waals surface area contributed by atoms with Gasteiger partial charge in [0.25, 0.3) is 0 Å². The summed E-state index contributed by atoms with van der Waals surface area (Å²) in [5.74, 6) is 0. The van der Waals surface area contributed by atoms with E-state index in [4.69, 9.17) is 5.73 Å². The summed E-state index contributed by atoms with van der Waals surface area (Å²) in [4.78, 5) is 2.84. The van der Waals surface area contributed by atoms with Crippen LogP contribution in [0, 0.1) is 13.8 Å². The Labute approximate surface area is 141 Å². The standard InChI is InChI=1S/C16H18N2O4S2/c1-12-4-8-14(9-5-12)23(19,20)16(17,18-3)24(21,22)15-10-6-13(2)7-11-15/h4-11H,3,17H2,1-2H3. The molecule has 0 aliphatic heterocycles. The topological polar surface area (TPSA) is 107 Å². The highest BCUT2D eigenvalue weighted by atomic mass is 32.3. The lowest BCUT2D eigenvalue weighted by Gasteiger charge is -2.24. The fraction of sp³-hybridized carbons (Fsp3) is 0.188. The van der Waals surface area contributed by atoms with Crippen LogP contribution in [-0.2, 0) is 19.7 Å². The Bertz CT molecular complexity index is 886. The highest BCUT2D eigenvalue weighted by Crippen LogP contribution is 2.32. The van der Waals surface area contributed by atoms with Gasteiger partial charge >= 0.3 is 4.33 Å². The summed E-state index contributed by atoms with van der Waals surface area (Å²) in [7, 11) is -9.05. The van der Waals surface area contributed by atoms with Crippen molar-refractivity contribution in [3.05, 3.63) is 59.7 Å². The van der Waals surface area contributed by atoms with Crippen molar-refractivity contribution in [3.8, 4) is 0 Å². The molecule has 0 atom stereocenters. The summed E-state index contributed by atoms with van der Waals surface area (Å²) in [5, 5.41) is 0. The van der Waals surface area contributed by atoms with E-state index in [0.717, 1.165) is 11.1 Å². The van der Waals surface area contributed by atoms with Crippen LogP contribution in [0.15, 0.2) is 63.3 Å². The molecule has 0 amide bonds. The van der Waals surface area contributed by atoms with Gasteiger partial charge in [-0.05, 0) is 44.8 Å². The zero-order chi connectivity index (χ0) is 18.2. The van der Waals surface area contributed by atoms with Crippen molar-refractivity contribution >= 4 is 26.4 Å². The molecular weight excluding hydrogens is 348 g/mol. The molecule has 2 aromatic carbocycles. The van der Waals surface area contributed by atoms with Gasteiger partial charge in [0.2, 0.25) is 19.7 Å². The molecule has 0 spiro atoms. The number of nitrogens with two attached hydrogens (primary N) is 1. The summed E-state index contributed by atoms with van der Waals surface area (Å²) in [6, 6.07) is 11.4. The van der Waals surface area contributed by atoms with E-state index < -0.39 is 24.0 Å². The molecule has 128 valence electrons. The number of hydrogen-bond acceptors (Lipinski definition) is 6. The molecule has 0 bridgehead atoms. The second-order valence-corrected chi connectivity index (χ2v) is 9.88. The Morgan fingerprint density at radius 1 is 0.792 bits per heavy atom. The maximum absolute atomic E-state index is 12.8. The molecule has 0 unspecified atom stereocenters. The van der Waals surface area contributed by atoms with Crippen LogP contribution in [0.4, 0.5) is 0 Å². The molecule has 6 nitrogen and oxygen atoms in total. The van der Waals surface area contributed by atoms with Gasteiger partial charge in [-0.25, -0.2) is 21.8 Å². The molecule has 24 heavy (non-hydrogen) atoms. The lowest BCUT2D eigenvalue weighted by atomic mass is 10.2. The van der Waals surface area contributed by atoms with Gasteiger partial charge in [-0.15, -0.1) is 0 Å². The van der Waals surface area contributed by atoms with Gasteiger partial charge in [-0.3, -0.25) is 5.73 Å². The Morgan fingerprint density at radius 3 is 1.33 bits per heavy atom. The first-order valence-corrected chi connectivity index (χ1v) is 9.92. The molecule has 0 aromatic heterocycles.